The molecule has 1 fully saturated rings. The molecule has 1 aliphatic rings. The number of benzene rings is 1. The lowest BCUT2D eigenvalue weighted by molar-refractivity contribution is 0.0617. The number of nitriles is 1. The minimum Gasteiger partial charge on any atom is -0.391 e. The van der Waals surface area contributed by atoms with Gasteiger partial charge in [0, 0.05) is 0 Å². The van der Waals surface area contributed by atoms with Gasteiger partial charge >= 0.3 is 0 Å². The van der Waals surface area contributed by atoms with Crippen molar-refractivity contribution in [3.63, 3.8) is 0 Å². The zero-order valence-corrected chi connectivity index (χ0v) is 10.5. The zero-order chi connectivity index (χ0) is 13.0. The van der Waals surface area contributed by atoms with Crippen molar-refractivity contribution in [2.45, 2.75) is 44.2 Å². The van der Waals surface area contributed by atoms with Gasteiger partial charge < -0.3 is 10.8 Å². The molecular weight excluding hydrogens is 224 g/mol. The Balaban J connectivity index is 2.14. The van der Waals surface area contributed by atoms with Gasteiger partial charge in [-0.2, -0.15) is 5.26 Å². The molecule has 0 spiro atoms. The van der Waals surface area contributed by atoms with Gasteiger partial charge in [-0.25, -0.2) is 0 Å². The van der Waals surface area contributed by atoms with E-state index in [9.17, 15) is 5.11 Å². The molecule has 96 valence electrons. The van der Waals surface area contributed by atoms with Gasteiger partial charge in [0.05, 0.1) is 23.8 Å². The van der Waals surface area contributed by atoms with Crippen LogP contribution in [0.25, 0.3) is 0 Å². The molecule has 0 saturated heterocycles. The van der Waals surface area contributed by atoms with Crippen LogP contribution in [0.1, 0.15) is 49.3 Å². The van der Waals surface area contributed by atoms with E-state index in [2.05, 4.69) is 6.07 Å². The minimum atomic E-state index is -0.542. The van der Waals surface area contributed by atoms with Crippen molar-refractivity contribution in [2.24, 2.45) is 11.7 Å². The second-order valence-electron chi connectivity index (χ2n) is 5.11. The standard InChI is InChI=1S/C15H20N2O/c16-10-12-8-4-5-9-13(12)14(17)15(18)11-6-2-1-3-7-11/h4-5,8-9,11,14-15,18H,1-3,6-7,17H2/t14-,15+/m0/s1. The Morgan fingerprint density at radius 1 is 1.22 bits per heavy atom. The van der Waals surface area contributed by atoms with Crippen LogP contribution in [-0.2, 0) is 0 Å². The van der Waals surface area contributed by atoms with Crippen LogP contribution in [0.2, 0.25) is 0 Å². The highest BCUT2D eigenvalue weighted by molar-refractivity contribution is 5.39. The molecule has 3 heteroatoms. The molecule has 1 aromatic carbocycles. The molecule has 3 nitrogen and oxygen atoms in total. The highest BCUT2D eigenvalue weighted by Gasteiger charge is 2.28. The first-order valence-electron chi connectivity index (χ1n) is 6.66. The van der Waals surface area contributed by atoms with Crippen molar-refractivity contribution in [3.8, 4) is 6.07 Å². The summed E-state index contributed by atoms with van der Waals surface area (Å²) < 4.78 is 0. The maximum atomic E-state index is 10.4. The lowest BCUT2D eigenvalue weighted by Crippen LogP contribution is -2.34. The van der Waals surface area contributed by atoms with Crippen molar-refractivity contribution >= 4 is 0 Å². The molecule has 0 aromatic heterocycles. The average Bonchev–Trinajstić information content (AvgIpc) is 2.46. The molecule has 2 atom stereocenters. The van der Waals surface area contributed by atoms with Crippen molar-refractivity contribution in [3.05, 3.63) is 35.4 Å². The summed E-state index contributed by atoms with van der Waals surface area (Å²) in [6.45, 7) is 0. The molecule has 2 rings (SSSR count). The summed E-state index contributed by atoms with van der Waals surface area (Å²) in [5.41, 5.74) is 7.48. The molecule has 0 unspecified atom stereocenters. The number of aliphatic hydroxyl groups excluding tert-OH is 1. The van der Waals surface area contributed by atoms with Gasteiger partial charge in [0.1, 0.15) is 0 Å². The minimum absolute atomic E-state index is 0.278. The van der Waals surface area contributed by atoms with Crippen LogP contribution >= 0.6 is 0 Å². The van der Waals surface area contributed by atoms with Gasteiger partial charge in [-0.15, -0.1) is 0 Å². The third-order valence-corrected chi connectivity index (χ3v) is 3.94. The first-order valence-corrected chi connectivity index (χ1v) is 6.66. The van der Waals surface area contributed by atoms with Gasteiger partial charge in [-0.1, -0.05) is 37.5 Å². The van der Waals surface area contributed by atoms with E-state index >= 15 is 0 Å². The number of nitrogens with zero attached hydrogens (tertiary/aromatic N) is 1. The van der Waals surface area contributed by atoms with Gasteiger partial charge in [0.25, 0.3) is 0 Å². The maximum absolute atomic E-state index is 10.4. The lowest BCUT2D eigenvalue weighted by atomic mass is 9.81. The van der Waals surface area contributed by atoms with Crippen LogP contribution in [0.15, 0.2) is 24.3 Å². The van der Waals surface area contributed by atoms with Gasteiger partial charge in [0.15, 0.2) is 0 Å². The normalized spacial score (nSPS) is 20.1. The number of hydrogen-bond donors (Lipinski definition) is 2. The fourth-order valence-electron chi connectivity index (χ4n) is 2.84. The third kappa shape index (κ3) is 2.72. The quantitative estimate of drug-likeness (QED) is 0.858. The van der Waals surface area contributed by atoms with Crippen LogP contribution in [0.4, 0.5) is 0 Å². The summed E-state index contributed by atoms with van der Waals surface area (Å²) in [4.78, 5) is 0. The summed E-state index contributed by atoms with van der Waals surface area (Å²) in [6, 6.07) is 8.97. The first kappa shape index (κ1) is 13.1. The topological polar surface area (TPSA) is 70.0 Å². The number of nitrogens with two attached hydrogens (primary N) is 1. The van der Waals surface area contributed by atoms with E-state index in [0.717, 1.165) is 18.4 Å². The number of aliphatic hydroxyl groups is 1. The Labute approximate surface area is 108 Å². The fraction of sp³-hybridized carbons (Fsp3) is 0.533. The third-order valence-electron chi connectivity index (χ3n) is 3.94. The molecule has 0 aliphatic heterocycles. The molecule has 0 bridgehead atoms. The molecule has 18 heavy (non-hydrogen) atoms. The Morgan fingerprint density at radius 3 is 2.56 bits per heavy atom. The van der Waals surface area contributed by atoms with E-state index in [1.54, 1.807) is 6.07 Å². The van der Waals surface area contributed by atoms with Crippen molar-refractivity contribution in [1.82, 2.24) is 0 Å². The molecule has 1 aromatic rings. The van der Waals surface area contributed by atoms with Gasteiger partial charge in [-0.3, -0.25) is 0 Å². The maximum Gasteiger partial charge on any atom is 0.0995 e. The van der Waals surface area contributed by atoms with Gasteiger partial charge in [0.2, 0.25) is 0 Å². The van der Waals surface area contributed by atoms with Crippen LogP contribution in [-0.4, -0.2) is 11.2 Å². The Bertz CT molecular complexity index is 432. The zero-order valence-electron chi connectivity index (χ0n) is 10.5. The summed E-state index contributed by atoms with van der Waals surface area (Å²) in [5, 5.41) is 19.5. The molecule has 0 heterocycles. The molecule has 0 radical (unpaired) electrons. The predicted molar refractivity (Wildman–Crippen MR) is 70.7 cm³/mol. The van der Waals surface area contributed by atoms with E-state index in [1.165, 1.54) is 19.3 Å². The summed E-state index contributed by atoms with van der Waals surface area (Å²) in [6.07, 6.45) is 5.16. The molecule has 1 aliphatic carbocycles. The molecule has 1 saturated carbocycles. The van der Waals surface area contributed by atoms with Crippen molar-refractivity contribution < 1.29 is 5.11 Å². The smallest absolute Gasteiger partial charge is 0.0995 e. The monoisotopic (exact) mass is 244 g/mol. The van der Waals surface area contributed by atoms with Gasteiger partial charge in [-0.05, 0) is 30.4 Å². The van der Waals surface area contributed by atoms with Crippen LogP contribution in [0.5, 0.6) is 0 Å². The van der Waals surface area contributed by atoms with E-state index in [0.29, 0.717) is 5.56 Å². The summed E-state index contributed by atoms with van der Waals surface area (Å²) >= 11 is 0. The van der Waals surface area contributed by atoms with Crippen LogP contribution in [0, 0.1) is 17.2 Å². The lowest BCUT2D eigenvalue weighted by Gasteiger charge is -2.30. The second-order valence-corrected chi connectivity index (χ2v) is 5.11. The van der Waals surface area contributed by atoms with E-state index < -0.39 is 12.1 Å². The first-order chi connectivity index (χ1) is 8.74. The molecular formula is C15H20N2O. The summed E-state index contributed by atoms with van der Waals surface area (Å²) in [7, 11) is 0. The number of rotatable bonds is 3. The van der Waals surface area contributed by atoms with Crippen molar-refractivity contribution in [1.29, 1.82) is 5.26 Å². The van der Waals surface area contributed by atoms with Crippen LogP contribution in [0.3, 0.4) is 0 Å². The molecule has 3 N–H and O–H groups in total. The van der Waals surface area contributed by atoms with E-state index in [1.807, 2.05) is 18.2 Å². The molecule has 0 amide bonds. The van der Waals surface area contributed by atoms with E-state index in [-0.39, 0.29) is 5.92 Å². The Hall–Kier alpha value is -1.37. The Morgan fingerprint density at radius 2 is 1.89 bits per heavy atom. The van der Waals surface area contributed by atoms with Crippen LogP contribution < -0.4 is 5.73 Å². The van der Waals surface area contributed by atoms with E-state index in [4.69, 9.17) is 11.0 Å². The number of hydrogen-bond acceptors (Lipinski definition) is 3. The highest BCUT2D eigenvalue weighted by atomic mass is 16.3. The average molecular weight is 244 g/mol. The largest absolute Gasteiger partial charge is 0.391 e. The van der Waals surface area contributed by atoms with Crippen molar-refractivity contribution in [2.75, 3.05) is 0 Å². The summed E-state index contributed by atoms with van der Waals surface area (Å²) in [5.74, 6) is 0.278. The highest BCUT2D eigenvalue weighted by Crippen LogP contribution is 2.32. The predicted octanol–water partition coefficient (Wildman–Crippen LogP) is 2.50. The fourth-order valence-corrected chi connectivity index (χ4v) is 2.84. The Kier molecular flexibility index (Phi) is 4.35. The SMILES string of the molecule is N#Cc1ccccc1[C@H](N)[C@H](O)C1CCCCC1. The second kappa shape index (κ2) is 5.99.